The van der Waals surface area contributed by atoms with Gasteiger partial charge in [0.25, 0.3) is 0 Å². The first-order valence-corrected chi connectivity index (χ1v) is 8.15. The summed E-state index contributed by atoms with van der Waals surface area (Å²) in [7, 11) is 1.73. The van der Waals surface area contributed by atoms with Crippen LogP contribution in [0.25, 0.3) is 0 Å². The fourth-order valence-corrected chi connectivity index (χ4v) is 2.91. The normalized spacial score (nSPS) is 18.0. The predicted octanol–water partition coefficient (Wildman–Crippen LogP) is 4.34. The second-order valence-electron chi connectivity index (χ2n) is 7.33. The van der Waals surface area contributed by atoms with Gasteiger partial charge in [0, 0.05) is 25.6 Å². The van der Waals surface area contributed by atoms with Gasteiger partial charge in [-0.3, -0.25) is 0 Å². The molecule has 0 bridgehead atoms. The Balaban J connectivity index is 2.66. The van der Waals surface area contributed by atoms with Crippen LogP contribution in [0.1, 0.15) is 40.0 Å². The predicted molar refractivity (Wildman–Crippen MR) is 94.4 cm³/mol. The molecule has 1 amide bonds. The number of allylic oxidation sites excluding steroid dienone is 4. The summed E-state index contributed by atoms with van der Waals surface area (Å²) in [5.74, 6) is 0. The van der Waals surface area contributed by atoms with Gasteiger partial charge in [-0.15, -0.1) is 0 Å². The van der Waals surface area contributed by atoms with Crippen molar-refractivity contribution in [1.82, 2.24) is 4.90 Å². The molecule has 23 heavy (non-hydrogen) atoms. The van der Waals surface area contributed by atoms with Crippen LogP contribution >= 0.6 is 0 Å². The van der Waals surface area contributed by atoms with Gasteiger partial charge in [-0.25, -0.2) is 4.79 Å². The summed E-state index contributed by atoms with van der Waals surface area (Å²) in [6.07, 6.45) is 8.06. The monoisotopic (exact) mass is 321 g/mol. The summed E-state index contributed by atoms with van der Waals surface area (Å²) in [5, 5.41) is 0. The molecule has 0 atom stereocenters. The second kappa shape index (κ2) is 8.34. The van der Waals surface area contributed by atoms with Crippen LogP contribution in [0.15, 0.2) is 37.0 Å². The molecule has 0 saturated carbocycles. The zero-order valence-electron chi connectivity index (χ0n) is 15.1. The van der Waals surface area contributed by atoms with Gasteiger partial charge in [0.1, 0.15) is 5.60 Å². The van der Waals surface area contributed by atoms with Crippen molar-refractivity contribution < 1.29 is 14.3 Å². The van der Waals surface area contributed by atoms with Crippen LogP contribution in [-0.4, -0.2) is 43.4 Å². The van der Waals surface area contributed by atoms with E-state index in [1.807, 2.05) is 32.9 Å². The molecule has 1 rings (SSSR count). The number of hydrogen-bond acceptors (Lipinski definition) is 3. The SMILES string of the molecule is C=C/C=C\C(=C)CC1(COC)CCN(C(=O)OC(C)(C)C)CC1. The number of rotatable bonds is 6. The Morgan fingerprint density at radius 3 is 2.39 bits per heavy atom. The summed E-state index contributed by atoms with van der Waals surface area (Å²) in [6, 6.07) is 0. The third-order valence-corrected chi connectivity index (χ3v) is 4.00. The molecule has 130 valence electrons. The maximum absolute atomic E-state index is 12.2. The second-order valence-corrected chi connectivity index (χ2v) is 7.33. The number of ether oxygens (including phenoxy) is 2. The van der Waals surface area contributed by atoms with Gasteiger partial charge in [0.15, 0.2) is 0 Å². The first kappa shape index (κ1) is 19.5. The Morgan fingerprint density at radius 1 is 1.30 bits per heavy atom. The molecule has 0 spiro atoms. The summed E-state index contributed by atoms with van der Waals surface area (Å²) in [6.45, 7) is 15.5. The van der Waals surface area contributed by atoms with Crippen LogP contribution in [0.5, 0.6) is 0 Å². The van der Waals surface area contributed by atoms with Crippen molar-refractivity contribution >= 4 is 6.09 Å². The Hall–Kier alpha value is -1.55. The number of piperidine rings is 1. The third-order valence-electron chi connectivity index (χ3n) is 4.00. The number of carbonyl (C=O) groups excluding carboxylic acids is 1. The number of nitrogens with zero attached hydrogens (tertiary/aromatic N) is 1. The summed E-state index contributed by atoms with van der Waals surface area (Å²) in [4.78, 5) is 14.0. The molecule has 0 radical (unpaired) electrons. The number of methoxy groups -OCH3 is 1. The molecule has 1 heterocycles. The van der Waals surface area contributed by atoms with E-state index in [4.69, 9.17) is 9.47 Å². The minimum atomic E-state index is -0.456. The van der Waals surface area contributed by atoms with E-state index < -0.39 is 5.60 Å². The van der Waals surface area contributed by atoms with Crippen molar-refractivity contribution in [2.24, 2.45) is 5.41 Å². The van der Waals surface area contributed by atoms with E-state index in [1.165, 1.54) is 0 Å². The molecular formula is C19H31NO3. The van der Waals surface area contributed by atoms with E-state index in [2.05, 4.69) is 13.2 Å². The van der Waals surface area contributed by atoms with Crippen molar-refractivity contribution in [2.45, 2.75) is 45.6 Å². The van der Waals surface area contributed by atoms with Crippen LogP contribution in [0.3, 0.4) is 0 Å². The van der Waals surface area contributed by atoms with E-state index in [0.717, 1.165) is 24.8 Å². The highest BCUT2D eigenvalue weighted by Crippen LogP contribution is 2.38. The van der Waals surface area contributed by atoms with Crippen molar-refractivity contribution in [2.75, 3.05) is 26.8 Å². The van der Waals surface area contributed by atoms with E-state index in [0.29, 0.717) is 19.7 Å². The maximum Gasteiger partial charge on any atom is 0.410 e. The summed E-state index contributed by atoms with van der Waals surface area (Å²) >= 11 is 0. The Bertz CT molecular complexity index is 452. The minimum absolute atomic E-state index is 0.0376. The molecule has 1 aliphatic rings. The average molecular weight is 321 g/mol. The van der Waals surface area contributed by atoms with Gasteiger partial charge in [-0.1, -0.05) is 37.0 Å². The van der Waals surface area contributed by atoms with Gasteiger partial charge in [0.05, 0.1) is 6.61 Å². The maximum atomic E-state index is 12.2. The minimum Gasteiger partial charge on any atom is -0.444 e. The van der Waals surface area contributed by atoms with Crippen LogP contribution < -0.4 is 0 Å². The zero-order chi connectivity index (χ0) is 17.5. The van der Waals surface area contributed by atoms with Gasteiger partial charge in [-0.05, 0) is 40.0 Å². The highest BCUT2D eigenvalue weighted by Gasteiger charge is 2.37. The molecule has 4 nitrogen and oxygen atoms in total. The number of likely N-dealkylation sites (tertiary alicyclic amines) is 1. The Labute approximate surface area is 140 Å². The number of amides is 1. The fourth-order valence-electron chi connectivity index (χ4n) is 2.91. The third kappa shape index (κ3) is 6.61. The first-order valence-electron chi connectivity index (χ1n) is 8.15. The molecule has 0 unspecified atom stereocenters. The lowest BCUT2D eigenvalue weighted by Gasteiger charge is -2.42. The molecule has 1 aliphatic heterocycles. The number of carbonyl (C=O) groups is 1. The molecule has 1 saturated heterocycles. The van der Waals surface area contributed by atoms with Gasteiger partial charge in [-0.2, -0.15) is 0 Å². The quantitative estimate of drug-likeness (QED) is 0.683. The molecule has 0 aromatic heterocycles. The van der Waals surface area contributed by atoms with Gasteiger partial charge >= 0.3 is 6.09 Å². The lowest BCUT2D eigenvalue weighted by molar-refractivity contribution is -0.00644. The highest BCUT2D eigenvalue weighted by molar-refractivity contribution is 5.68. The molecule has 0 aliphatic carbocycles. The van der Waals surface area contributed by atoms with Crippen molar-refractivity contribution in [3.05, 3.63) is 37.0 Å². The molecule has 4 heteroatoms. The van der Waals surface area contributed by atoms with E-state index in [-0.39, 0.29) is 11.5 Å². The molecule has 0 aromatic carbocycles. The Morgan fingerprint density at radius 2 is 1.91 bits per heavy atom. The Kier molecular flexibility index (Phi) is 7.07. The lowest BCUT2D eigenvalue weighted by Crippen LogP contribution is -2.46. The van der Waals surface area contributed by atoms with Crippen molar-refractivity contribution in [3.63, 3.8) is 0 Å². The molecule has 0 N–H and O–H groups in total. The van der Waals surface area contributed by atoms with Crippen molar-refractivity contribution in [1.29, 1.82) is 0 Å². The van der Waals surface area contributed by atoms with Crippen LogP contribution in [-0.2, 0) is 9.47 Å². The zero-order valence-corrected chi connectivity index (χ0v) is 15.1. The summed E-state index contributed by atoms with van der Waals surface area (Å²) in [5.41, 5.74) is 0.644. The van der Waals surface area contributed by atoms with Crippen molar-refractivity contribution in [3.8, 4) is 0 Å². The molecule has 1 fully saturated rings. The fraction of sp³-hybridized carbons (Fsp3) is 0.632. The standard InChI is InChI=1S/C19H31NO3/c1-7-8-9-16(2)14-19(15-22-6)10-12-20(13-11-19)17(21)23-18(3,4)5/h7-9H,1-2,10-15H2,3-6H3/b9-8-. The van der Waals surface area contributed by atoms with E-state index in [1.54, 1.807) is 18.1 Å². The highest BCUT2D eigenvalue weighted by atomic mass is 16.6. The number of hydrogen-bond donors (Lipinski definition) is 0. The van der Waals surface area contributed by atoms with E-state index in [9.17, 15) is 4.79 Å². The average Bonchev–Trinajstić information content (AvgIpc) is 2.44. The molecular weight excluding hydrogens is 290 g/mol. The first-order chi connectivity index (χ1) is 10.7. The molecule has 0 aromatic rings. The topological polar surface area (TPSA) is 38.8 Å². The van der Waals surface area contributed by atoms with E-state index >= 15 is 0 Å². The summed E-state index contributed by atoms with van der Waals surface area (Å²) < 4.78 is 10.9. The van der Waals surface area contributed by atoms with Crippen LogP contribution in [0, 0.1) is 5.41 Å². The smallest absolute Gasteiger partial charge is 0.410 e. The van der Waals surface area contributed by atoms with Crippen LogP contribution in [0.2, 0.25) is 0 Å². The van der Waals surface area contributed by atoms with Crippen LogP contribution in [0.4, 0.5) is 4.79 Å². The largest absolute Gasteiger partial charge is 0.444 e. The van der Waals surface area contributed by atoms with Gasteiger partial charge in [0.2, 0.25) is 0 Å². The lowest BCUT2D eigenvalue weighted by atomic mass is 9.74. The van der Waals surface area contributed by atoms with Gasteiger partial charge < -0.3 is 14.4 Å².